The molecule has 2 aromatic carbocycles. The monoisotopic (exact) mass is 285 g/mol. The molecule has 2 aliphatic rings. The van der Waals surface area contributed by atoms with E-state index >= 15 is 0 Å². The molecular formula is C19H11NO2. The molecule has 3 nitrogen and oxygen atoms in total. The molecule has 0 amide bonds. The van der Waals surface area contributed by atoms with E-state index in [-0.39, 0.29) is 0 Å². The summed E-state index contributed by atoms with van der Waals surface area (Å²) in [6.07, 6.45) is 4.26. The summed E-state index contributed by atoms with van der Waals surface area (Å²) in [5.41, 5.74) is 7.27. The second-order valence-electron chi connectivity index (χ2n) is 5.67. The van der Waals surface area contributed by atoms with Gasteiger partial charge in [-0.25, -0.2) is 4.79 Å². The highest BCUT2D eigenvalue weighted by atomic mass is 16.4. The van der Waals surface area contributed by atoms with Crippen LogP contribution in [-0.4, -0.2) is 15.6 Å². The summed E-state index contributed by atoms with van der Waals surface area (Å²) in [7, 11) is 0. The van der Waals surface area contributed by atoms with E-state index in [2.05, 4.69) is 41.1 Å². The summed E-state index contributed by atoms with van der Waals surface area (Å²) in [5, 5.41) is 10.3. The molecule has 0 spiro atoms. The molecule has 1 aliphatic heterocycles. The van der Waals surface area contributed by atoms with Crippen LogP contribution in [0.4, 0.5) is 0 Å². The topological polar surface area (TPSA) is 42.2 Å². The minimum atomic E-state index is -0.899. The van der Waals surface area contributed by atoms with Crippen LogP contribution in [0.15, 0.2) is 60.2 Å². The smallest absolute Gasteiger partial charge is 0.335 e. The quantitative estimate of drug-likeness (QED) is 0.726. The van der Waals surface area contributed by atoms with Gasteiger partial charge in [-0.15, -0.1) is 0 Å². The van der Waals surface area contributed by atoms with Crippen molar-refractivity contribution in [3.8, 4) is 11.3 Å². The van der Waals surface area contributed by atoms with Gasteiger partial charge in [0.25, 0.3) is 0 Å². The Morgan fingerprint density at radius 1 is 1.00 bits per heavy atom. The van der Waals surface area contributed by atoms with Gasteiger partial charge in [0, 0.05) is 17.1 Å². The van der Waals surface area contributed by atoms with Crippen LogP contribution < -0.4 is 0 Å². The highest BCUT2D eigenvalue weighted by Gasteiger charge is 2.26. The van der Waals surface area contributed by atoms with Gasteiger partial charge in [0.1, 0.15) is 0 Å². The molecule has 1 N–H and O–H groups in total. The summed E-state index contributed by atoms with van der Waals surface area (Å²) in [6.45, 7) is 0. The summed E-state index contributed by atoms with van der Waals surface area (Å²) < 4.78 is 2.10. The number of allylic oxidation sites excluding steroid dienone is 3. The van der Waals surface area contributed by atoms with Crippen molar-refractivity contribution >= 4 is 28.6 Å². The van der Waals surface area contributed by atoms with Gasteiger partial charge in [-0.2, -0.15) is 0 Å². The van der Waals surface area contributed by atoms with E-state index in [1.807, 2.05) is 12.1 Å². The van der Waals surface area contributed by atoms with Crippen molar-refractivity contribution in [2.45, 2.75) is 0 Å². The minimum Gasteiger partial charge on any atom is -0.478 e. The third-order valence-electron chi connectivity index (χ3n) is 4.38. The molecule has 1 aromatic heterocycles. The zero-order valence-electron chi connectivity index (χ0n) is 11.6. The number of fused-ring (bicyclic) bond motifs is 7. The molecule has 1 aliphatic carbocycles. The van der Waals surface area contributed by atoms with Gasteiger partial charge in [-0.1, -0.05) is 30.3 Å². The molecule has 22 heavy (non-hydrogen) atoms. The molecule has 3 aromatic rings. The van der Waals surface area contributed by atoms with Crippen LogP contribution in [0.25, 0.3) is 33.9 Å². The molecule has 0 fully saturated rings. The maximum atomic E-state index is 11.2. The Bertz CT molecular complexity index is 1050. The Hall–Kier alpha value is -3.07. The first-order chi connectivity index (χ1) is 10.7. The Morgan fingerprint density at radius 2 is 1.82 bits per heavy atom. The van der Waals surface area contributed by atoms with Crippen molar-refractivity contribution in [1.82, 2.24) is 4.57 Å². The number of aromatic carboxylic acids is 1. The number of hydrogen-bond acceptors (Lipinski definition) is 1. The van der Waals surface area contributed by atoms with E-state index in [9.17, 15) is 9.90 Å². The van der Waals surface area contributed by atoms with Gasteiger partial charge in [-0.3, -0.25) is 0 Å². The second-order valence-corrected chi connectivity index (χ2v) is 5.67. The predicted octanol–water partition coefficient (Wildman–Crippen LogP) is 4.26. The first-order valence-corrected chi connectivity index (χ1v) is 7.14. The lowest BCUT2D eigenvalue weighted by atomic mass is 10.0. The van der Waals surface area contributed by atoms with Crippen molar-refractivity contribution in [2.75, 3.05) is 0 Å². The number of carbonyl (C=O) groups is 1. The van der Waals surface area contributed by atoms with E-state index in [0.717, 1.165) is 16.6 Å². The minimum absolute atomic E-state index is 0.313. The summed E-state index contributed by atoms with van der Waals surface area (Å²) in [5.74, 6) is -0.899. The molecule has 5 rings (SSSR count). The molecule has 0 atom stereocenters. The predicted molar refractivity (Wildman–Crippen MR) is 86.6 cm³/mol. The van der Waals surface area contributed by atoms with E-state index in [4.69, 9.17) is 0 Å². The zero-order valence-corrected chi connectivity index (χ0v) is 11.6. The number of rotatable bonds is 1. The maximum Gasteiger partial charge on any atom is 0.335 e. The molecule has 2 heterocycles. The molecule has 0 bridgehead atoms. The van der Waals surface area contributed by atoms with Gasteiger partial charge in [0.2, 0.25) is 0 Å². The van der Waals surface area contributed by atoms with Gasteiger partial charge in [-0.05, 0) is 41.0 Å². The fourth-order valence-electron chi connectivity index (χ4n) is 3.24. The summed E-state index contributed by atoms with van der Waals surface area (Å²) in [4.78, 5) is 11.2. The highest BCUT2D eigenvalue weighted by molar-refractivity contribution is 6.08. The first-order valence-electron chi connectivity index (χ1n) is 7.14. The molecule has 0 radical (unpaired) electrons. The number of aromatic nitrogens is 1. The zero-order chi connectivity index (χ0) is 14.8. The van der Waals surface area contributed by atoms with Crippen LogP contribution in [0.2, 0.25) is 0 Å². The number of carboxylic acid groups (broad SMARTS) is 1. The Labute approximate surface area is 126 Å². The largest absolute Gasteiger partial charge is 0.478 e. The molecule has 104 valence electrons. The van der Waals surface area contributed by atoms with Crippen molar-refractivity contribution in [3.63, 3.8) is 0 Å². The lowest BCUT2D eigenvalue weighted by Crippen LogP contribution is -1.96. The SMILES string of the molecule is O=C(O)c1ccc2cc3n(c2c1)C=C1C=C1c1ccccc1-3. The molecule has 0 unspecified atom stereocenters. The number of hydrogen-bond donors (Lipinski definition) is 1. The summed E-state index contributed by atoms with van der Waals surface area (Å²) >= 11 is 0. The normalized spacial score (nSPS) is 14.4. The maximum absolute atomic E-state index is 11.2. The molecule has 3 heteroatoms. The number of carboxylic acids is 1. The first kappa shape index (κ1) is 11.6. The number of nitrogens with zero attached hydrogens (tertiary/aromatic N) is 1. The fraction of sp³-hybridized carbons (Fsp3) is 0. The van der Waals surface area contributed by atoms with E-state index < -0.39 is 5.97 Å². The van der Waals surface area contributed by atoms with Crippen LogP contribution in [0.3, 0.4) is 0 Å². The summed E-state index contributed by atoms with van der Waals surface area (Å²) in [6, 6.07) is 15.8. The molecule has 0 saturated heterocycles. The van der Waals surface area contributed by atoms with Crippen LogP contribution in [0.5, 0.6) is 0 Å². The highest BCUT2D eigenvalue weighted by Crippen LogP contribution is 2.46. The Kier molecular flexibility index (Phi) is 1.98. The second kappa shape index (κ2) is 3.77. The van der Waals surface area contributed by atoms with Crippen LogP contribution in [-0.2, 0) is 0 Å². The lowest BCUT2D eigenvalue weighted by molar-refractivity contribution is 0.0697. The third-order valence-corrected chi connectivity index (χ3v) is 4.38. The van der Waals surface area contributed by atoms with Gasteiger partial charge in [0.15, 0.2) is 0 Å². The van der Waals surface area contributed by atoms with Gasteiger partial charge in [0.05, 0.1) is 16.8 Å². The van der Waals surface area contributed by atoms with Gasteiger partial charge >= 0.3 is 5.97 Å². The average molecular weight is 285 g/mol. The van der Waals surface area contributed by atoms with E-state index in [1.165, 1.54) is 22.3 Å². The standard InChI is InChI=1S/C19H11NO2/c21-19(22)12-6-5-11-8-18-15-4-2-1-3-14(15)16-7-13(16)10-20(18)17(11)9-12/h1-10H,(H,21,22). The van der Waals surface area contributed by atoms with Crippen LogP contribution in [0.1, 0.15) is 15.9 Å². The Balaban J connectivity index is 1.89. The van der Waals surface area contributed by atoms with Crippen LogP contribution >= 0.6 is 0 Å². The van der Waals surface area contributed by atoms with E-state index in [1.54, 1.807) is 12.1 Å². The van der Waals surface area contributed by atoms with Crippen LogP contribution in [0, 0.1) is 0 Å². The average Bonchev–Trinajstić information content (AvgIpc) is 3.22. The fourth-order valence-corrected chi connectivity index (χ4v) is 3.24. The Morgan fingerprint density at radius 3 is 2.64 bits per heavy atom. The van der Waals surface area contributed by atoms with Crippen molar-refractivity contribution in [2.24, 2.45) is 0 Å². The molecule has 0 saturated carbocycles. The van der Waals surface area contributed by atoms with E-state index in [0.29, 0.717) is 5.56 Å². The van der Waals surface area contributed by atoms with Crippen molar-refractivity contribution in [1.29, 1.82) is 0 Å². The van der Waals surface area contributed by atoms with Gasteiger partial charge < -0.3 is 9.67 Å². The third kappa shape index (κ3) is 1.42. The molecular weight excluding hydrogens is 274 g/mol. The number of benzene rings is 2. The van der Waals surface area contributed by atoms with Crippen molar-refractivity contribution < 1.29 is 9.90 Å². The van der Waals surface area contributed by atoms with Crippen molar-refractivity contribution in [3.05, 3.63) is 71.3 Å². The lowest BCUT2D eigenvalue weighted by Gasteiger charge is -2.07.